The van der Waals surface area contributed by atoms with Crippen LogP contribution in [0, 0.1) is 10.8 Å². The van der Waals surface area contributed by atoms with Gasteiger partial charge in [-0.1, -0.05) is 170 Å². The zero-order valence-corrected chi connectivity index (χ0v) is 29.1. The van der Waals surface area contributed by atoms with E-state index in [1.165, 1.54) is 65.8 Å². The summed E-state index contributed by atoms with van der Waals surface area (Å²) < 4.78 is 0. The smallest absolute Gasteiger partial charge is 0.0206 e. The first-order valence-corrected chi connectivity index (χ1v) is 21.5. The Morgan fingerprint density at radius 1 is 0.432 bits per heavy atom. The standard InChI is InChI=1S/C40H36P2S2/c1-27-35(41(43)25-39(27,3)33(29-17-9-5-10-18-29)37(41)31-21-13-7-14-22-31)36-28(2)40(4)26-42(36,44)38(32-23-15-8-16-24-32)34(40)30-19-11-6-12-20-30/h5-24H,25-26H2,1-4H3/t39-,40-,41-,42-/m1/s1. The molecule has 4 aliphatic rings. The lowest BCUT2D eigenvalue weighted by Crippen LogP contribution is -2.20. The van der Waals surface area contributed by atoms with Crippen LogP contribution < -0.4 is 0 Å². The maximum absolute atomic E-state index is 7.15. The third-order valence-electron chi connectivity index (χ3n) is 10.9. The molecule has 4 bridgehead atoms. The molecule has 8 rings (SSSR count). The molecular weight excluding hydrogens is 607 g/mol. The fraction of sp³-hybridized carbons (Fsp3) is 0.200. The molecule has 0 spiro atoms. The second-order valence-corrected chi connectivity index (χ2v) is 22.4. The van der Waals surface area contributed by atoms with Crippen LogP contribution in [0.25, 0.3) is 21.8 Å². The van der Waals surface area contributed by atoms with E-state index in [-0.39, 0.29) is 10.8 Å². The first kappa shape index (κ1) is 28.6. The Morgan fingerprint density at radius 2 is 0.705 bits per heavy atom. The highest BCUT2D eigenvalue weighted by Crippen LogP contribution is 2.92. The molecule has 4 aromatic rings. The van der Waals surface area contributed by atoms with Gasteiger partial charge in [-0.15, -0.1) is 0 Å². The van der Waals surface area contributed by atoms with E-state index in [2.05, 4.69) is 149 Å². The maximum atomic E-state index is 7.15. The summed E-state index contributed by atoms with van der Waals surface area (Å²) in [5.74, 6) is 0. The molecule has 0 radical (unpaired) electrons. The van der Waals surface area contributed by atoms with Crippen molar-refractivity contribution in [3.8, 4) is 0 Å². The molecule has 0 saturated carbocycles. The molecule has 0 fully saturated rings. The first-order valence-electron chi connectivity index (χ1n) is 15.5. The summed E-state index contributed by atoms with van der Waals surface area (Å²) in [5, 5.41) is 5.82. The van der Waals surface area contributed by atoms with E-state index in [0.29, 0.717) is 0 Å². The SMILES string of the molecule is CC1=C(C2=C(C)[C@@]3(C)C[P@]2(=S)C(c2ccccc2)=C3c2ccccc2)[P@]2(=S)C[C@@]1(C)C(c1ccccc1)=C2c1ccccc1. The minimum Gasteiger partial charge on any atom is -0.0875 e. The van der Waals surface area contributed by atoms with E-state index in [0.717, 1.165) is 12.3 Å². The third kappa shape index (κ3) is 3.64. The van der Waals surface area contributed by atoms with Gasteiger partial charge < -0.3 is 0 Å². The van der Waals surface area contributed by atoms with Crippen LogP contribution in [0.3, 0.4) is 0 Å². The Kier molecular flexibility index (Phi) is 6.38. The summed E-state index contributed by atoms with van der Waals surface area (Å²) in [7, 11) is 0. The Bertz CT molecular complexity index is 1930. The van der Waals surface area contributed by atoms with Gasteiger partial charge in [0.25, 0.3) is 0 Å². The molecule has 4 atom stereocenters. The van der Waals surface area contributed by atoms with E-state index < -0.39 is 12.1 Å². The Labute approximate surface area is 272 Å². The van der Waals surface area contributed by atoms with E-state index in [1.54, 1.807) is 0 Å². The van der Waals surface area contributed by atoms with Gasteiger partial charge >= 0.3 is 0 Å². The summed E-state index contributed by atoms with van der Waals surface area (Å²) in [6.45, 7) is 9.74. The van der Waals surface area contributed by atoms with Crippen LogP contribution in [0.2, 0.25) is 0 Å². The zero-order chi connectivity index (χ0) is 30.5. The molecule has 0 N–H and O–H groups in total. The van der Waals surface area contributed by atoms with Gasteiger partial charge in [0.1, 0.15) is 0 Å². The van der Waals surface area contributed by atoms with Gasteiger partial charge in [0.15, 0.2) is 0 Å². The number of benzene rings is 4. The lowest BCUT2D eigenvalue weighted by atomic mass is 9.72. The summed E-state index contributed by atoms with van der Waals surface area (Å²) in [5.41, 5.74) is 10.8. The predicted octanol–water partition coefficient (Wildman–Crippen LogP) is 11.7. The molecule has 0 amide bonds. The molecule has 4 aromatic carbocycles. The molecule has 0 unspecified atom stereocenters. The van der Waals surface area contributed by atoms with Crippen LogP contribution in [0.4, 0.5) is 0 Å². The normalized spacial score (nSPS) is 30.7. The molecule has 0 saturated heterocycles. The van der Waals surface area contributed by atoms with Crippen LogP contribution in [0.1, 0.15) is 49.9 Å². The minimum absolute atomic E-state index is 0.109. The van der Waals surface area contributed by atoms with Gasteiger partial charge in [0, 0.05) is 33.5 Å². The second-order valence-electron chi connectivity index (χ2n) is 13.3. The van der Waals surface area contributed by atoms with Gasteiger partial charge in [0.05, 0.1) is 0 Å². The predicted molar refractivity (Wildman–Crippen MR) is 199 cm³/mol. The van der Waals surface area contributed by atoms with Gasteiger partial charge in [-0.05, 0) is 70.2 Å². The Hall–Kier alpha value is -2.86. The zero-order valence-electron chi connectivity index (χ0n) is 25.7. The molecule has 218 valence electrons. The lowest BCUT2D eigenvalue weighted by Gasteiger charge is -2.37. The average molecular weight is 643 g/mol. The van der Waals surface area contributed by atoms with Crippen molar-refractivity contribution < 1.29 is 0 Å². The summed E-state index contributed by atoms with van der Waals surface area (Å²) >= 11 is 14.3. The number of hydrogen-bond donors (Lipinski definition) is 0. The molecule has 0 aromatic heterocycles. The van der Waals surface area contributed by atoms with Crippen molar-refractivity contribution >= 4 is 57.5 Å². The van der Waals surface area contributed by atoms with Crippen LogP contribution in [0.15, 0.2) is 143 Å². The van der Waals surface area contributed by atoms with Gasteiger partial charge in [-0.2, -0.15) is 0 Å². The van der Waals surface area contributed by atoms with Crippen molar-refractivity contribution in [2.75, 3.05) is 12.3 Å². The number of fused-ring (bicyclic) bond motifs is 4. The topological polar surface area (TPSA) is 0 Å². The summed E-state index contributed by atoms with van der Waals surface area (Å²) in [6, 6.07) is 39.7. The van der Waals surface area contributed by atoms with Crippen molar-refractivity contribution in [3.05, 3.63) is 165 Å². The summed E-state index contributed by atoms with van der Waals surface area (Å²) in [6.07, 6.45) is 2.04. The highest BCUT2D eigenvalue weighted by atomic mass is 32.4. The molecule has 0 nitrogen and oxygen atoms in total. The Morgan fingerprint density at radius 3 is 1.00 bits per heavy atom. The molecular formula is C40H36P2S2. The van der Waals surface area contributed by atoms with E-state index in [1.807, 2.05) is 0 Å². The number of allylic oxidation sites excluding steroid dienone is 6. The second kappa shape index (κ2) is 9.82. The third-order valence-corrected chi connectivity index (χ3v) is 21.2. The first-order chi connectivity index (χ1) is 21.1. The monoisotopic (exact) mass is 642 g/mol. The molecule has 4 aliphatic heterocycles. The number of rotatable bonds is 5. The average Bonchev–Trinajstić information content (AvgIpc) is 3.60. The van der Waals surface area contributed by atoms with Crippen molar-refractivity contribution in [1.82, 2.24) is 0 Å². The highest BCUT2D eigenvalue weighted by molar-refractivity contribution is 8.25. The van der Waals surface area contributed by atoms with Crippen molar-refractivity contribution in [2.24, 2.45) is 10.8 Å². The fourth-order valence-electron chi connectivity index (χ4n) is 8.86. The van der Waals surface area contributed by atoms with E-state index >= 15 is 0 Å². The van der Waals surface area contributed by atoms with Gasteiger partial charge in [-0.3, -0.25) is 0 Å². The van der Waals surface area contributed by atoms with Gasteiger partial charge in [-0.25, -0.2) is 0 Å². The molecule has 4 heterocycles. The largest absolute Gasteiger partial charge is 0.0875 e. The van der Waals surface area contributed by atoms with Crippen LogP contribution in [-0.2, 0) is 23.6 Å². The van der Waals surface area contributed by atoms with Crippen molar-refractivity contribution in [1.29, 1.82) is 0 Å². The quantitative estimate of drug-likeness (QED) is 0.199. The number of hydrogen-bond acceptors (Lipinski definition) is 2. The molecule has 0 aliphatic carbocycles. The van der Waals surface area contributed by atoms with Crippen molar-refractivity contribution in [3.63, 3.8) is 0 Å². The van der Waals surface area contributed by atoms with Crippen LogP contribution >= 0.6 is 12.1 Å². The minimum atomic E-state index is -2.19. The fourth-order valence-corrected chi connectivity index (χ4v) is 23.2. The van der Waals surface area contributed by atoms with E-state index in [4.69, 9.17) is 23.6 Å². The maximum Gasteiger partial charge on any atom is 0.0206 e. The van der Waals surface area contributed by atoms with Crippen LogP contribution in [0.5, 0.6) is 0 Å². The van der Waals surface area contributed by atoms with Gasteiger partial charge in [0.2, 0.25) is 0 Å². The molecule has 44 heavy (non-hydrogen) atoms. The van der Waals surface area contributed by atoms with Crippen LogP contribution in [-0.4, -0.2) is 12.3 Å². The lowest BCUT2D eigenvalue weighted by molar-refractivity contribution is 0.623. The molecule has 4 heteroatoms. The van der Waals surface area contributed by atoms with E-state index in [9.17, 15) is 0 Å². The Balaban J connectivity index is 1.41. The highest BCUT2D eigenvalue weighted by Gasteiger charge is 2.63. The summed E-state index contributed by atoms with van der Waals surface area (Å²) in [4.78, 5) is 0. The van der Waals surface area contributed by atoms with Crippen molar-refractivity contribution in [2.45, 2.75) is 27.7 Å².